The molecule has 2 aromatic heterocycles. The van der Waals surface area contributed by atoms with E-state index in [1.165, 1.54) is 12.0 Å². The van der Waals surface area contributed by atoms with E-state index in [1.54, 1.807) is 6.20 Å². The molecule has 0 amide bonds. The summed E-state index contributed by atoms with van der Waals surface area (Å²) in [6.07, 6.45) is 5.09. The van der Waals surface area contributed by atoms with E-state index in [4.69, 9.17) is 4.52 Å². The van der Waals surface area contributed by atoms with Crippen molar-refractivity contribution in [1.82, 2.24) is 15.1 Å². The molecule has 1 aliphatic carbocycles. The van der Waals surface area contributed by atoms with Crippen molar-refractivity contribution in [3.63, 3.8) is 0 Å². The molecule has 3 aromatic rings. The highest BCUT2D eigenvalue weighted by Gasteiger charge is 2.44. The van der Waals surface area contributed by atoms with E-state index in [9.17, 15) is 0 Å². The molecule has 1 fully saturated rings. The van der Waals surface area contributed by atoms with Gasteiger partial charge in [-0.15, -0.1) is 0 Å². The first-order valence-corrected chi connectivity index (χ1v) is 8.42. The predicted octanol–water partition coefficient (Wildman–Crippen LogP) is 4.03. The maximum absolute atomic E-state index is 5.53. The van der Waals surface area contributed by atoms with Crippen molar-refractivity contribution in [2.45, 2.75) is 31.6 Å². The number of hydrogen-bond donors (Lipinski definition) is 1. The highest BCUT2D eigenvalue weighted by Crippen LogP contribution is 2.47. The molecule has 24 heavy (non-hydrogen) atoms. The van der Waals surface area contributed by atoms with Crippen LogP contribution in [0.15, 0.2) is 53.2 Å². The molecule has 1 aromatic carbocycles. The van der Waals surface area contributed by atoms with E-state index in [1.807, 2.05) is 25.1 Å². The Morgan fingerprint density at radius 3 is 2.58 bits per heavy atom. The van der Waals surface area contributed by atoms with Crippen LogP contribution in [0.3, 0.4) is 0 Å². The monoisotopic (exact) mass is 320 g/mol. The van der Waals surface area contributed by atoms with Gasteiger partial charge in [0.15, 0.2) is 5.82 Å². The molecule has 0 saturated heterocycles. The van der Waals surface area contributed by atoms with Crippen LogP contribution in [0, 0.1) is 0 Å². The van der Waals surface area contributed by atoms with Crippen LogP contribution >= 0.6 is 0 Å². The number of aromatic nitrogens is 3. The number of rotatable bonds is 5. The van der Waals surface area contributed by atoms with Gasteiger partial charge in [-0.2, -0.15) is 4.98 Å². The van der Waals surface area contributed by atoms with Gasteiger partial charge in [0, 0.05) is 12.7 Å². The van der Waals surface area contributed by atoms with E-state index in [0.717, 1.165) is 36.6 Å². The van der Waals surface area contributed by atoms with Crippen molar-refractivity contribution < 1.29 is 4.52 Å². The van der Waals surface area contributed by atoms with E-state index in [2.05, 4.69) is 44.7 Å². The quantitative estimate of drug-likeness (QED) is 0.769. The van der Waals surface area contributed by atoms with Gasteiger partial charge < -0.3 is 9.84 Å². The van der Waals surface area contributed by atoms with Gasteiger partial charge >= 0.3 is 0 Å². The first-order valence-electron chi connectivity index (χ1n) is 8.42. The van der Waals surface area contributed by atoms with Gasteiger partial charge in [-0.05, 0) is 37.5 Å². The Morgan fingerprint density at radius 1 is 1.12 bits per heavy atom. The minimum Gasteiger partial charge on any atom is -0.370 e. The van der Waals surface area contributed by atoms with Crippen LogP contribution in [-0.2, 0) is 5.41 Å². The molecular weight excluding hydrogens is 300 g/mol. The fraction of sp³-hybridized carbons (Fsp3) is 0.316. The minimum absolute atomic E-state index is 0.0971. The Kier molecular flexibility index (Phi) is 3.76. The van der Waals surface area contributed by atoms with E-state index >= 15 is 0 Å². The van der Waals surface area contributed by atoms with Crippen LogP contribution < -0.4 is 5.32 Å². The van der Waals surface area contributed by atoms with Crippen LogP contribution in [0.5, 0.6) is 0 Å². The van der Waals surface area contributed by atoms with Crippen molar-refractivity contribution in [1.29, 1.82) is 0 Å². The van der Waals surface area contributed by atoms with Crippen molar-refractivity contribution in [3.05, 3.63) is 60.0 Å². The Morgan fingerprint density at radius 2 is 1.96 bits per heavy atom. The lowest BCUT2D eigenvalue weighted by atomic mass is 9.64. The minimum atomic E-state index is -0.0971. The Hall–Kier alpha value is -2.69. The largest absolute Gasteiger partial charge is 0.370 e. The van der Waals surface area contributed by atoms with E-state index in [-0.39, 0.29) is 5.41 Å². The molecule has 0 atom stereocenters. The number of nitrogens with zero attached hydrogens (tertiary/aromatic N) is 3. The first kappa shape index (κ1) is 14.9. The third-order valence-corrected chi connectivity index (χ3v) is 4.76. The maximum Gasteiger partial charge on any atom is 0.259 e. The lowest BCUT2D eigenvalue weighted by molar-refractivity contribution is 0.273. The van der Waals surface area contributed by atoms with Crippen molar-refractivity contribution in [2.24, 2.45) is 0 Å². The van der Waals surface area contributed by atoms with E-state index < -0.39 is 0 Å². The summed E-state index contributed by atoms with van der Waals surface area (Å²) in [4.78, 5) is 9.06. The molecule has 4 rings (SSSR count). The van der Waals surface area contributed by atoms with Crippen LogP contribution in [0.4, 0.5) is 5.82 Å². The summed E-state index contributed by atoms with van der Waals surface area (Å²) in [5.41, 5.74) is 2.02. The second-order valence-electron chi connectivity index (χ2n) is 6.19. The van der Waals surface area contributed by atoms with Crippen LogP contribution in [-0.4, -0.2) is 21.7 Å². The third-order valence-electron chi connectivity index (χ3n) is 4.76. The average molecular weight is 320 g/mol. The van der Waals surface area contributed by atoms with Gasteiger partial charge in [0.2, 0.25) is 0 Å². The Balaban J connectivity index is 1.64. The second kappa shape index (κ2) is 6.07. The second-order valence-corrected chi connectivity index (χ2v) is 6.19. The van der Waals surface area contributed by atoms with Crippen LogP contribution in [0.25, 0.3) is 11.5 Å². The summed E-state index contributed by atoms with van der Waals surface area (Å²) >= 11 is 0. The van der Waals surface area contributed by atoms with Crippen LogP contribution in [0.2, 0.25) is 0 Å². The fourth-order valence-corrected chi connectivity index (χ4v) is 3.27. The summed E-state index contributed by atoms with van der Waals surface area (Å²) in [5.74, 6) is 2.16. The molecule has 122 valence electrons. The summed E-state index contributed by atoms with van der Waals surface area (Å²) in [6.45, 7) is 2.89. The predicted molar refractivity (Wildman–Crippen MR) is 92.8 cm³/mol. The number of hydrogen-bond acceptors (Lipinski definition) is 5. The number of anilines is 1. The number of pyridine rings is 1. The zero-order valence-corrected chi connectivity index (χ0v) is 13.7. The van der Waals surface area contributed by atoms with Crippen molar-refractivity contribution >= 4 is 5.82 Å². The Labute approximate surface area is 141 Å². The Bertz CT molecular complexity index is 807. The molecule has 0 aliphatic heterocycles. The molecule has 0 radical (unpaired) electrons. The standard InChI is InChI=1S/C19H20N4O/c1-2-20-16-10-9-14(13-21-16)17-22-18(23-24-17)19(11-6-12-19)15-7-4-3-5-8-15/h3-5,7-10,13H,2,6,11-12H2,1H3,(H,20,21). The normalized spacial score (nSPS) is 15.7. The molecule has 0 unspecified atom stereocenters. The molecule has 5 nitrogen and oxygen atoms in total. The SMILES string of the molecule is CCNc1ccc(-c2nc(C3(c4ccccc4)CCC3)no2)cn1. The van der Waals surface area contributed by atoms with Crippen molar-refractivity contribution in [3.8, 4) is 11.5 Å². The van der Waals surface area contributed by atoms with Gasteiger partial charge in [0.1, 0.15) is 5.82 Å². The summed E-state index contributed by atoms with van der Waals surface area (Å²) < 4.78 is 5.53. The topological polar surface area (TPSA) is 63.8 Å². The molecule has 1 aliphatic rings. The molecule has 2 heterocycles. The maximum atomic E-state index is 5.53. The number of benzene rings is 1. The highest BCUT2D eigenvalue weighted by atomic mass is 16.5. The molecule has 1 saturated carbocycles. The van der Waals surface area contributed by atoms with Gasteiger partial charge in [0.05, 0.1) is 11.0 Å². The lowest BCUT2D eigenvalue weighted by Crippen LogP contribution is -2.36. The van der Waals surface area contributed by atoms with Gasteiger partial charge in [0.25, 0.3) is 5.89 Å². The summed E-state index contributed by atoms with van der Waals surface area (Å²) in [7, 11) is 0. The summed E-state index contributed by atoms with van der Waals surface area (Å²) in [6, 6.07) is 14.4. The lowest BCUT2D eigenvalue weighted by Gasteiger charge is -2.39. The van der Waals surface area contributed by atoms with Crippen LogP contribution in [0.1, 0.15) is 37.6 Å². The highest BCUT2D eigenvalue weighted by molar-refractivity contribution is 5.54. The smallest absolute Gasteiger partial charge is 0.259 e. The summed E-state index contributed by atoms with van der Waals surface area (Å²) in [5, 5.41) is 7.47. The molecule has 1 N–H and O–H groups in total. The van der Waals surface area contributed by atoms with Gasteiger partial charge in [-0.3, -0.25) is 0 Å². The fourth-order valence-electron chi connectivity index (χ4n) is 3.27. The molecule has 0 spiro atoms. The molecule has 5 heteroatoms. The van der Waals surface area contributed by atoms with Gasteiger partial charge in [-0.25, -0.2) is 4.98 Å². The van der Waals surface area contributed by atoms with Crippen molar-refractivity contribution in [2.75, 3.05) is 11.9 Å². The number of nitrogens with one attached hydrogen (secondary N) is 1. The molecule has 0 bridgehead atoms. The first-order chi connectivity index (χ1) is 11.8. The third kappa shape index (κ3) is 2.46. The zero-order valence-electron chi connectivity index (χ0n) is 13.7. The van der Waals surface area contributed by atoms with Gasteiger partial charge in [-0.1, -0.05) is 41.9 Å². The molecular formula is C19H20N4O. The van der Waals surface area contributed by atoms with E-state index in [0.29, 0.717) is 5.89 Å². The average Bonchev–Trinajstić information content (AvgIpc) is 3.06. The zero-order chi connectivity index (χ0) is 16.4.